The molecule has 1 aliphatic heterocycles. The molecule has 3 aromatic rings. The average molecular weight is 490 g/mol. The van der Waals surface area contributed by atoms with Gasteiger partial charge in [-0.25, -0.2) is 14.3 Å². The van der Waals surface area contributed by atoms with Crippen molar-refractivity contribution in [3.8, 4) is 11.1 Å². The van der Waals surface area contributed by atoms with E-state index >= 15 is 0 Å². The van der Waals surface area contributed by atoms with Crippen LogP contribution in [0.2, 0.25) is 10.0 Å². The van der Waals surface area contributed by atoms with Gasteiger partial charge in [-0.2, -0.15) is 0 Å². The summed E-state index contributed by atoms with van der Waals surface area (Å²) < 4.78 is 2.30. The first-order chi connectivity index (χ1) is 15.5. The lowest BCUT2D eigenvalue weighted by atomic mass is 10.0. The number of nitrogens with two attached hydrogens (primary N) is 1. The fourth-order valence-electron chi connectivity index (χ4n) is 3.97. The Bertz CT molecular complexity index is 1110. The van der Waals surface area contributed by atoms with E-state index in [-0.39, 0.29) is 11.9 Å². The van der Waals surface area contributed by atoms with Crippen LogP contribution in [0.15, 0.2) is 42.7 Å². The van der Waals surface area contributed by atoms with Crippen LogP contribution in [0.4, 0.5) is 5.82 Å². The molecule has 2 aromatic carbocycles. The fraction of sp³-hybridized carbons (Fsp3) is 0.348. The number of fused-ring (bicyclic) bond motifs is 1. The number of primary amides is 1. The molecule has 2 heterocycles. The minimum Gasteiger partial charge on any atom is -0.370 e. The molecule has 168 valence electrons. The predicted octanol–water partition coefficient (Wildman–Crippen LogP) is 5.03. The molecule has 0 saturated carbocycles. The molecular formula is C23H25Cl2N5OS. The van der Waals surface area contributed by atoms with Gasteiger partial charge in [-0.15, -0.1) is 0 Å². The number of hydrogen-bond acceptors (Lipinski definition) is 6. The molecule has 1 unspecified atom stereocenters. The first-order valence-corrected chi connectivity index (χ1v) is 12.3. The summed E-state index contributed by atoms with van der Waals surface area (Å²) in [6.07, 6.45) is 2.97. The highest BCUT2D eigenvalue weighted by molar-refractivity contribution is 7.97. The summed E-state index contributed by atoms with van der Waals surface area (Å²) in [7, 11) is 0. The van der Waals surface area contributed by atoms with E-state index < -0.39 is 0 Å². The third kappa shape index (κ3) is 5.12. The van der Waals surface area contributed by atoms with Gasteiger partial charge in [-0.05, 0) is 36.2 Å². The van der Waals surface area contributed by atoms with E-state index in [1.165, 1.54) is 0 Å². The monoisotopic (exact) mass is 489 g/mol. The van der Waals surface area contributed by atoms with E-state index in [2.05, 4.69) is 26.1 Å². The van der Waals surface area contributed by atoms with E-state index in [9.17, 15) is 4.79 Å². The molecule has 1 fully saturated rings. The Morgan fingerprint density at radius 3 is 2.69 bits per heavy atom. The molecule has 1 aromatic heterocycles. The summed E-state index contributed by atoms with van der Waals surface area (Å²) in [4.78, 5) is 23.0. The van der Waals surface area contributed by atoms with Gasteiger partial charge in [-0.3, -0.25) is 4.79 Å². The fourth-order valence-corrected chi connectivity index (χ4v) is 5.35. The largest absolute Gasteiger partial charge is 0.370 e. The Morgan fingerprint density at radius 1 is 1.19 bits per heavy atom. The maximum Gasteiger partial charge on any atom is 0.219 e. The van der Waals surface area contributed by atoms with Crippen molar-refractivity contribution < 1.29 is 4.79 Å². The van der Waals surface area contributed by atoms with Crippen molar-refractivity contribution in [1.29, 1.82) is 0 Å². The van der Waals surface area contributed by atoms with Crippen LogP contribution in [0, 0.1) is 0 Å². The van der Waals surface area contributed by atoms with Gasteiger partial charge in [0.05, 0.1) is 10.5 Å². The first kappa shape index (κ1) is 23.1. The van der Waals surface area contributed by atoms with Gasteiger partial charge in [0.2, 0.25) is 5.91 Å². The number of anilines is 1. The Morgan fingerprint density at radius 2 is 1.97 bits per heavy atom. The molecule has 1 amide bonds. The van der Waals surface area contributed by atoms with Crippen molar-refractivity contribution in [3.05, 3.63) is 52.8 Å². The lowest BCUT2D eigenvalue weighted by molar-refractivity contribution is -0.118. The van der Waals surface area contributed by atoms with Crippen molar-refractivity contribution in [2.45, 2.75) is 25.8 Å². The van der Waals surface area contributed by atoms with Gasteiger partial charge in [0.25, 0.3) is 0 Å². The zero-order chi connectivity index (χ0) is 22.7. The second-order valence-electron chi connectivity index (χ2n) is 7.80. The van der Waals surface area contributed by atoms with Gasteiger partial charge in [0, 0.05) is 53.8 Å². The summed E-state index contributed by atoms with van der Waals surface area (Å²) in [6, 6.07) is 11.5. The molecule has 1 saturated heterocycles. The highest BCUT2D eigenvalue weighted by Crippen LogP contribution is 2.36. The van der Waals surface area contributed by atoms with E-state index in [0.717, 1.165) is 53.1 Å². The van der Waals surface area contributed by atoms with Crippen LogP contribution in [0.1, 0.15) is 19.8 Å². The van der Waals surface area contributed by atoms with Crippen LogP contribution < -0.4 is 10.6 Å². The Labute approximate surface area is 202 Å². The molecule has 2 N–H and O–H groups in total. The minimum atomic E-state index is -0.289. The summed E-state index contributed by atoms with van der Waals surface area (Å²) in [6.45, 7) is 4.45. The Balaban J connectivity index is 1.69. The van der Waals surface area contributed by atoms with E-state index in [1.807, 2.05) is 36.4 Å². The first-order valence-electron chi connectivity index (χ1n) is 10.6. The molecule has 9 heteroatoms. The molecule has 6 nitrogen and oxygen atoms in total. The maximum atomic E-state index is 11.7. The summed E-state index contributed by atoms with van der Waals surface area (Å²) >= 11 is 14.4. The lowest BCUT2D eigenvalue weighted by Crippen LogP contribution is -2.52. The zero-order valence-electron chi connectivity index (χ0n) is 17.8. The molecule has 4 rings (SSSR count). The number of amides is 1. The van der Waals surface area contributed by atoms with Crippen LogP contribution in [0.3, 0.4) is 0 Å². The lowest BCUT2D eigenvalue weighted by Gasteiger charge is -2.41. The number of halogens is 2. The van der Waals surface area contributed by atoms with Crippen LogP contribution in [0.25, 0.3) is 22.0 Å². The van der Waals surface area contributed by atoms with Crippen molar-refractivity contribution in [1.82, 2.24) is 14.3 Å². The van der Waals surface area contributed by atoms with Crippen LogP contribution in [0.5, 0.6) is 0 Å². The number of hydrogen-bond donors (Lipinski definition) is 1. The van der Waals surface area contributed by atoms with Gasteiger partial charge in [0.15, 0.2) is 0 Å². The summed E-state index contributed by atoms with van der Waals surface area (Å²) in [5.74, 6) is 1.58. The number of benzene rings is 2. The zero-order valence-corrected chi connectivity index (χ0v) is 20.1. The number of aromatic nitrogens is 2. The Hall–Kier alpha value is -2.06. The average Bonchev–Trinajstić information content (AvgIpc) is 2.77. The van der Waals surface area contributed by atoms with Gasteiger partial charge in [0.1, 0.15) is 12.1 Å². The van der Waals surface area contributed by atoms with Gasteiger partial charge < -0.3 is 10.6 Å². The quantitative estimate of drug-likeness (QED) is 0.469. The van der Waals surface area contributed by atoms with E-state index in [0.29, 0.717) is 23.0 Å². The molecular weight excluding hydrogens is 465 g/mol. The maximum absolute atomic E-state index is 11.7. The molecule has 0 radical (unpaired) electrons. The van der Waals surface area contributed by atoms with Crippen molar-refractivity contribution in [3.63, 3.8) is 0 Å². The van der Waals surface area contributed by atoms with E-state index in [4.69, 9.17) is 28.9 Å². The number of rotatable bonds is 7. The molecule has 0 bridgehead atoms. The number of nitrogens with zero attached hydrogens (tertiary/aromatic N) is 4. The Kier molecular flexibility index (Phi) is 7.40. The molecule has 1 atom stereocenters. The standard InChI is InChI=1S/C23H25Cl2N5OS/c1-2-9-32-30-8-7-29(13-17(30)10-22(26)31)23-19-11-18(15-3-5-16(24)6-4-15)20(25)12-21(19)27-14-28-23/h3-6,11-12,14,17H,2,7-10,13H2,1H3,(H2,26,31). The van der Waals surface area contributed by atoms with Crippen molar-refractivity contribution in [2.24, 2.45) is 5.73 Å². The normalized spacial score (nSPS) is 17.1. The van der Waals surface area contributed by atoms with Crippen LogP contribution in [-0.2, 0) is 4.79 Å². The second kappa shape index (κ2) is 10.3. The van der Waals surface area contributed by atoms with E-state index in [1.54, 1.807) is 18.3 Å². The van der Waals surface area contributed by atoms with Crippen molar-refractivity contribution in [2.75, 3.05) is 30.3 Å². The van der Waals surface area contributed by atoms with Crippen molar-refractivity contribution >= 4 is 57.8 Å². The minimum absolute atomic E-state index is 0.0332. The number of carbonyl (C=O) groups is 1. The number of carbonyl (C=O) groups excluding carboxylic acids is 1. The number of piperazine rings is 1. The SMILES string of the molecule is CCCSN1CCN(c2ncnc3cc(Cl)c(-c4ccc(Cl)cc4)cc23)CC1CC(N)=O. The van der Waals surface area contributed by atoms with Crippen LogP contribution in [-0.4, -0.2) is 51.6 Å². The molecule has 32 heavy (non-hydrogen) atoms. The van der Waals surface area contributed by atoms with Gasteiger partial charge in [-0.1, -0.05) is 54.2 Å². The topological polar surface area (TPSA) is 75.3 Å². The highest BCUT2D eigenvalue weighted by Gasteiger charge is 2.30. The predicted molar refractivity (Wildman–Crippen MR) is 134 cm³/mol. The van der Waals surface area contributed by atoms with Gasteiger partial charge >= 0.3 is 0 Å². The third-order valence-corrected chi connectivity index (χ3v) is 7.45. The molecule has 1 aliphatic rings. The summed E-state index contributed by atoms with van der Waals surface area (Å²) in [5, 5.41) is 2.22. The smallest absolute Gasteiger partial charge is 0.219 e. The molecule has 0 spiro atoms. The molecule has 0 aliphatic carbocycles. The van der Waals surface area contributed by atoms with Crippen LogP contribution >= 0.6 is 35.1 Å². The summed E-state index contributed by atoms with van der Waals surface area (Å²) in [5.41, 5.74) is 8.22. The highest BCUT2D eigenvalue weighted by atomic mass is 35.5. The second-order valence-corrected chi connectivity index (χ2v) is 9.78. The third-order valence-electron chi connectivity index (χ3n) is 5.48.